The summed E-state index contributed by atoms with van der Waals surface area (Å²) in [6, 6.07) is 5.19. The Labute approximate surface area is 127 Å². The first kappa shape index (κ1) is 16.4. The molecule has 1 aromatic carbocycles. The smallest absolute Gasteiger partial charge is 0.123 e. The number of rotatable bonds is 5. The van der Waals surface area contributed by atoms with Crippen molar-refractivity contribution >= 4 is 0 Å². The van der Waals surface area contributed by atoms with Crippen LogP contribution in [0.25, 0.3) is 0 Å². The molecular weight excluding hydrogens is 265 g/mol. The fraction of sp³-hybridized carbons (Fsp3) is 0.647. The highest BCUT2D eigenvalue weighted by Crippen LogP contribution is 2.25. The molecule has 1 heterocycles. The van der Waals surface area contributed by atoms with Gasteiger partial charge in [-0.25, -0.2) is 4.39 Å². The zero-order valence-corrected chi connectivity index (χ0v) is 13.5. The molecule has 1 unspecified atom stereocenters. The van der Waals surface area contributed by atoms with Gasteiger partial charge in [0.15, 0.2) is 0 Å². The molecule has 118 valence electrons. The highest BCUT2D eigenvalue weighted by atomic mass is 19.1. The van der Waals surface area contributed by atoms with Gasteiger partial charge in [-0.2, -0.15) is 0 Å². The summed E-state index contributed by atoms with van der Waals surface area (Å²) in [5.41, 5.74) is 8.13. The molecule has 0 aromatic heterocycles. The third-order valence-electron chi connectivity index (χ3n) is 4.73. The summed E-state index contributed by atoms with van der Waals surface area (Å²) in [4.78, 5) is 4.73. The lowest BCUT2D eigenvalue weighted by molar-refractivity contribution is 0.151. The van der Waals surface area contributed by atoms with Crippen LogP contribution in [-0.4, -0.2) is 50.1 Å². The molecule has 3 nitrogen and oxygen atoms in total. The van der Waals surface area contributed by atoms with E-state index in [-0.39, 0.29) is 11.9 Å². The molecule has 0 aliphatic carbocycles. The largest absolute Gasteiger partial charge is 0.329 e. The number of piperidine rings is 1. The third-order valence-corrected chi connectivity index (χ3v) is 4.73. The van der Waals surface area contributed by atoms with Crippen molar-refractivity contribution in [2.45, 2.75) is 25.8 Å². The van der Waals surface area contributed by atoms with E-state index < -0.39 is 0 Å². The predicted octanol–water partition coefficient (Wildman–Crippen LogP) is 2.41. The van der Waals surface area contributed by atoms with Crippen molar-refractivity contribution in [3.8, 4) is 0 Å². The van der Waals surface area contributed by atoms with Crippen molar-refractivity contribution in [3.05, 3.63) is 35.1 Å². The Kier molecular flexibility index (Phi) is 5.73. The minimum Gasteiger partial charge on any atom is -0.329 e. The van der Waals surface area contributed by atoms with Gasteiger partial charge in [-0.1, -0.05) is 6.07 Å². The van der Waals surface area contributed by atoms with E-state index in [1.807, 2.05) is 13.0 Å². The summed E-state index contributed by atoms with van der Waals surface area (Å²) in [5.74, 6) is 0.561. The second-order valence-corrected chi connectivity index (χ2v) is 6.44. The Hall–Kier alpha value is -0.970. The van der Waals surface area contributed by atoms with E-state index >= 15 is 0 Å². The van der Waals surface area contributed by atoms with Gasteiger partial charge in [0.25, 0.3) is 0 Å². The molecule has 1 fully saturated rings. The first-order valence-corrected chi connectivity index (χ1v) is 7.86. The predicted molar refractivity (Wildman–Crippen MR) is 85.8 cm³/mol. The van der Waals surface area contributed by atoms with Gasteiger partial charge < -0.3 is 10.6 Å². The van der Waals surface area contributed by atoms with Crippen molar-refractivity contribution in [1.82, 2.24) is 9.80 Å². The summed E-state index contributed by atoms with van der Waals surface area (Å²) >= 11 is 0. The molecule has 0 spiro atoms. The molecule has 0 bridgehead atoms. The van der Waals surface area contributed by atoms with Crippen LogP contribution < -0.4 is 5.73 Å². The SMILES string of the molecule is Cc1cc(F)ccc1C(CN)N(C)CC1CCN(C)CC1. The zero-order valence-electron chi connectivity index (χ0n) is 13.5. The van der Waals surface area contributed by atoms with Gasteiger partial charge >= 0.3 is 0 Å². The van der Waals surface area contributed by atoms with Crippen LogP contribution in [0, 0.1) is 18.7 Å². The van der Waals surface area contributed by atoms with Crippen molar-refractivity contribution < 1.29 is 4.39 Å². The molecule has 1 aliphatic heterocycles. The monoisotopic (exact) mass is 293 g/mol. The normalized spacial score (nSPS) is 19.1. The van der Waals surface area contributed by atoms with Crippen LogP contribution in [-0.2, 0) is 0 Å². The Morgan fingerprint density at radius 2 is 2.05 bits per heavy atom. The lowest BCUT2D eigenvalue weighted by Gasteiger charge is -2.35. The Morgan fingerprint density at radius 3 is 2.62 bits per heavy atom. The van der Waals surface area contributed by atoms with E-state index in [1.54, 1.807) is 6.07 Å². The van der Waals surface area contributed by atoms with Crippen LogP contribution in [0.5, 0.6) is 0 Å². The number of halogens is 1. The number of benzene rings is 1. The van der Waals surface area contributed by atoms with E-state index in [4.69, 9.17) is 5.73 Å². The molecule has 1 atom stereocenters. The van der Waals surface area contributed by atoms with Gasteiger partial charge in [0.2, 0.25) is 0 Å². The van der Waals surface area contributed by atoms with E-state index in [2.05, 4.69) is 23.9 Å². The van der Waals surface area contributed by atoms with Gasteiger partial charge in [-0.05, 0) is 76.1 Å². The van der Waals surface area contributed by atoms with Crippen molar-refractivity contribution in [2.24, 2.45) is 11.7 Å². The number of likely N-dealkylation sites (tertiary alicyclic amines) is 1. The summed E-state index contributed by atoms with van der Waals surface area (Å²) in [6.07, 6.45) is 2.50. The Morgan fingerprint density at radius 1 is 1.38 bits per heavy atom. The van der Waals surface area contributed by atoms with Crippen molar-refractivity contribution in [3.63, 3.8) is 0 Å². The molecule has 2 N–H and O–H groups in total. The number of likely N-dealkylation sites (N-methyl/N-ethyl adjacent to an activating group) is 1. The fourth-order valence-electron chi connectivity index (χ4n) is 3.34. The highest BCUT2D eigenvalue weighted by Gasteiger charge is 2.23. The van der Waals surface area contributed by atoms with Crippen LogP contribution in [0.3, 0.4) is 0 Å². The molecule has 0 amide bonds. The topological polar surface area (TPSA) is 32.5 Å². The standard InChI is InChI=1S/C17H28FN3/c1-13-10-15(18)4-5-16(13)17(11-19)21(3)12-14-6-8-20(2)9-7-14/h4-5,10,14,17H,6-9,11-12,19H2,1-3H3. The summed E-state index contributed by atoms with van der Waals surface area (Å²) in [7, 11) is 4.32. The quantitative estimate of drug-likeness (QED) is 0.905. The second kappa shape index (κ2) is 7.34. The van der Waals surface area contributed by atoms with Crippen LogP contribution in [0.15, 0.2) is 18.2 Å². The minimum absolute atomic E-state index is 0.172. The van der Waals surface area contributed by atoms with Crippen molar-refractivity contribution in [2.75, 3.05) is 40.3 Å². The first-order chi connectivity index (χ1) is 10.0. The Bertz CT molecular complexity index is 455. The molecule has 1 saturated heterocycles. The van der Waals surface area contributed by atoms with E-state index in [0.717, 1.165) is 23.6 Å². The maximum absolute atomic E-state index is 13.3. The van der Waals surface area contributed by atoms with Crippen LogP contribution in [0.4, 0.5) is 4.39 Å². The lowest BCUT2D eigenvalue weighted by atomic mass is 9.94. The molecule has 0 saturated carbocycles. The third kappa shape index (κ3) is 4.25. The van der Waals surface area contributed by atoms with Crippen LogP contribution in [0.2, 0.25) is 0 Å². The number of hydrogen-bond donors (Lipinski definition) is 1. The maximum atomic E-state index is 13.3. The van der Waals surface area contributed by atoms with Gasteiger partial charge in [-0.15, -0.1) is 0 Å². The molecule has 21 heavy (non-hydrogen) atoms. The number of nitrogens with two attached hydrogens (primary N) is 1. The number of aryl methyl sites for hydroxylation is 1. The molecule has 4 heteroatoms. The van der Waals surface area contributed by atoms with E-state index in [0.29, 0.717) is 6.54 Å². The van der Waals surface area contributed by atoms with Crippen molar-refractivity contribution in [1.29, 1.82) is 0 Å². The second-order valence-electron chi connectivity index (χ2n) is 6.44. The lowest BCUT2D eigenvalue weighted by Crippen LogP contribution is -2.39. The summed E-state index contributed by atoms with van der Waals surface area (Å²) in [6.45, 7) is 5.95. The molecule has 2 rings (SSSR count). The molecule has 0 radical (unpaired) electrons. The van der Waals surface area contributed by atoms with E-state index in [1.165, 1.54) is 32.0 Å². The zero-order chi connectivity index (χ0) is 15.4. The average molecular weight is 293 g/mol. The van der Waals surface area contributed by atoms with Crippen LogP contribution in [0.1, 0.15) is 30.0 Å². The maximum Gasteiger partial charge on any atom is 0.123 e. The fourth-order valence-corrected chi connectivity index (χ4v) is 3.34. The number of hydrogen-bond acceptors (Lipinski definition) is 3. The van der Waals surface area contributed by atoms with Gasteiger partial charge in [0.05, 0.1) is 0 Å². The first-order valence-electron chi connectivity index (χ1n) is 7.86. The summed E-state index contributed by atoms with van der Waals surface area (Å²) in [5, 5.41) is 0. The highest BCUT2D eigenvalue weighted by molar-refractivity contribution is 5.29. The van der Waals surface area contributed by atoms with Gasteiger partial charge in [-0.3, -0.25) is 4.90 Å². The van der Waals surface area contributed by atoms with Crippen LogP contribution >= 0.6 is 0 Å². The summed E-state index contributed by atoms with van der Waals surface area (Å²) < 4.78 is 13.3. The Balaban J connectivity index is 2.02. The van der Waals surface area contributed by atoms with Gasteiger partial charge in [0.1, 0.15) is 5.82 Å². The molecular formula is C17H28FN3. The average Bonchev–Trinajstić information content (AvgIpc) is 2.44. The van der Waals surface area contributed by atoms with Gasteiger partial charge in [0, 0.05) is 19.1 Å². The van der Waals surface area contributed by atoms with E-state index in [9.17, 15) is 4.39 Å². The minimum atomic E-state index is -0.176. The molecule has 1 aliphatic rings. The molecule has 1 aromatic rings. The number of nitrogens with zero attached hydrogens (tertiary/aromatic N) is 2.